The number of hydrogen-bond acceptors (Lipinski definition) is 4. The smallest absolute Gasteiger partial charge is 0.111 e. The van der Waals surface area contributed by atoms with Crippen molar-refractivity contribution in [1.82, 2.24) is 15.0 Å². The van der Waals surface area contributed by atoms with Crippen molar-refractivity contribution < 1.29 is 0 Å². The minimum absolute atomic E-state index is 0.269. The number of nitrogens with zero attached hydrogens (tertiary/aromatic N) is 2. The van der Waals surface area contributed by atoms with E-state index in [0.29, 0.717) is 0 Å². The normalized spacial score (nSPS) is 13.1. The first kappa shape index (κ1) is 13.4. The Bertz CT molecular complexity index is 509. The number of rotatable bonds is 6. The molecule has 98 valence electrons. The van der Waals surface area contributed by atoms with Gasteiger partial charge in [-0.25, -0.2) is 4.98 Å². The van der Waals surface area contributed by atoms with Gasteiger partial charge in [-0.3, -0.25) is 11.3 Å². The SMILES string of the molecule is CCSCC(Cc1nc2ccccc2n1C)NN. The molecule has 0 saturated heterocycles. The van der Waals surface area contributed by atoms with Gasteiger partial charge in [-0.05, 0) is 17.9 Å². The molecule has 2 aromatic rings. The Morgan fingerprint density at radius 2 is 2.22 bits per heavy atom. The summed E-state index contributed by atoms with van der Waals surface area (Å²) in [4.78, 5) is 4.67. The lowest BCUT2D eigenvalue weighted by atomic mass is 10.2. The molecule has 3 N–H and O–H groups in total. The summed E-state index contributed by atoms with van der Waals surface area (Å²) in [5.41, 5.74) is 5.11. The Morgan fingerprint density at radius 1 is 1.44 bits per heavy atom. The van der Waals surface area contributed by atoms with Crippen LogP contribution in [-0.2, 0) is 13.5 Å². The maximum Gasteiger partial charge on any atom is 0.111 e. The monoisotopic (exact) mass is 264 g/mol. The van der Waals surface area contributed by atoms with Crippen molar-refractivity contribution in [3.05, 3.63) is 30.1 Å². The van der Waals surface area contributed by atoms with Gasteiger partial charge < -0.3 is 4.57 Å². The van der Waals surface area contributed by atoms with Gasteiger partial charge >= 0.3 is 0 Å². The lowest BCUT2D eigenvalue weighted by molar-refractivity contribution is 0.554. The lowest BCUT2D eigenvalue weighted by Crippen LogP contribution is -2.39. The van der Waals surface area contributed by atoms with E-state index < -0.39 is 0 Å². The summed E-state index contributed by atoms with van der Waals surface area (Å²) in [5, 5.41) is 0. The zero-order valence-electron chi connectivity index (χ0n) is 10.9. The van der Waals surface area contributed by atoms with Crippen LogP contribution in [0.1, 0.15) is 12.7 Å². The molecule has 1 atom stereocenters. The molecule has 1 heterocycles. The molecule has 2 rings (SSSR count). The third-order valence-electron chi connectivity index (χ3n) is 3.07. The molecular weight excluding hydrogens is 244 g/mol. The molecule has 0 aliphatic rings. The third-order valence-corrected chi connectivity index (χ3v) is 4.11. The predicted molar refractivity (Wildman–Crippen MR) is 78.5 cm³/mol. The number of aromatic nitrogens is 2. The Labute approximate surface area is 112 Å². The summed E-state index contributed by atoms with van der Waals surface area (Å²) >= 11 is 1.89. The topological polar surface area (TPSA) is 55.9 Å². The maximum atomic E-state index is 5.61. The number of fused-ring (bicyclic) bond motifs is 1. The van der Waals surface area contributed by atoms with Crippen molar-refractivity contribution in [2.24, 2.45) is 12.9 Å². The standard InChI is InChI=1S/C13H20N4S/c1-3-18-9-10(16-14)8-13-15-11-6-4-5-7-12(11)17(13)2/h4-7,10,16H,3,8-9,14H2,1-2H3. The van der Waals surface area contributed by atoms with E-state index in [0.717, 1.165) is 29.3 Å². The average Bonchev–Trinajstić information content (AvgIpc) is 2.72. The fourth-order valence-electron chi connectivity index (χ4n) is 2.02. The van der Waals surface area contributed by atoms with Gasteiger partial charge in [-0.2, -0.15) is 11.8 Å². The summed E-state index contributed by atoms with van der Waals surface area (Å²) in [6, 6.07) is 8.47. The van der Waals surface area contributed by atoms with Crippen molar-refractivity contribution in [2.45, 2.75) is 19.4 Å². The maximum absolute atomic E-state index is 5.61. The summed E-state index contributed by atoms with van der Waals surface area (Å²) < 4.78 is 2.15. The van der Waals surface area contributed by atoms with Gasteiger partial charge in [0.25, 0.3) is 0 Å². The van der Waals surface area contributed by atoms with Crippen molar-refractivity contribution in [3.8, 4) is 0 Å². The van der Waals surface area contributed by atoms with Crippen LogP contribution >= 0.6 is 11.8 Å². The zero-order chi connectivity index (χ0) is 13.0. The number of nitrogens with two attached hydrogens (primary N) is 1. The molecule has 0 aliphatic heterocycles. The van der Waals surface area contributed by atoms with E-state index in [4.69, 9.17) is 5.84 Å². The highest BCUT2D eigenvalue weighted by atomic mass is 32.2. The molecule has 0 spiro atoms. The van der Waals surface area contributed by atoms with Crippen LogP contribution in [0.4, 0.5) is 0 Å². The highest BCUT2D eigenvalue weighted by Crippen LogP contribution is 2.16. The Morgan fingerprint density at radius 3 is 2.89 bits per heavy atom. The molecule has 0 aliphatic carbocycles. The highest BCUT2D eigenvalue weighted by Gasteiger charge is 2.13. The molecule has 0 fully saturated rings. The second-order valence-electron chi connectivity index (χ2n) is 4.30. The van der Waals surface area contributed by atoms with Crippen molar-refractivity contribution in [1.29, 1.82) is 0 Å². The summed E-state index contributed by atoms with van der Waals surface area (Å²) in [5.74, 6) is 8.81. The summed E-state index contributed by atoms with van der Waals surface area (Å²) in [6.07, 6.45) is 0.856. The Hall–Kier alpha value is -1.04. The first-order chi connectivity index (χ1) is 8.76. The number of para-hydroxylation sites is 2. The second kappa shape index (κ2) is 6.22. The van der Waals surface area contributed by atoms with E-state index in [1.165, 1.54) is 5.52 Å². The summed E-state index contributed by atoms with van der Waals surface area (Å²) in [7, 11) is 2.06. The molecule has 0 saturated carbocycles. The van der Waals surface area contributed by atoms with Gasteiger partial charge in [0.1, 0.15) is 5.82 Å². The predicted octanol–water partition coefficient (Wildman–Crippen LogP) is 1.70. The number of nitrogens with one attached hydrogen (secondary N) is 1. The zero-order valence-corrected chi connectivity index (χ0v) is 11.7. The van der Waals surface area contributed by atoms with E-state index in [9.17, 15) is 0 Å². The average molecular weight is 264 g/mol. The van der Waals surface area contributed by atoms with Crippen LogP contribution in [0, 0.1) is 0 Å². The second-order valence-corrected chi connectivity index (χ2v) is 5.62. The van der Waals surface area contributed by atoms with Gasteiger partial charge in [-0.1, -0.05) is 19.1 Å². The summed E-state index contributed by atoms with van der Waals surface area (Å²) in [6.45, 7) is 2.16. The number of hydrazine groups is 1. The van der Waals surface area contributed by atoms with E-state index in [2.05, 4.69) is 35.0 Å². The molecule has 0 radical (unpaired) electrons. The molecule has 4 nitrogen and oxygen atoms in total. The van der Waals surface area contributed by atoms with Crippen molar-refractivity contribution in [3.63, 3.8) is 0 Å². The van der Waals surface area contributed by atoms with Crippen LogP contribution in [0.25, 0.3) is 11.0 Å². The number of thioether (sulfide) groups is 1. The van der Waals surface area contributed by atoms with E-state index >= 15 is 0 Å². The molecular formula is C13H20N4S. The minimum atomic E-state index is 0.269. The third kappa shape index (κ3) is 2.85. The number of hydrogen-bond donors (Lipinski definition) is 2. The molecule has 18 heavy (non-hydrogen) atoms. The van der Waals surface area contributed by atoms with Crippen LogP contribution in [0.15, 0.2) is 24.3 Å². The minimum Gasteiger partial charge on any atom is -0.331 e. The fourth-order valence-corrected chi connectivity index (χ4v) is 2.76. The van der Waals surface area contributed by atoms with Crippen LogP contribution in [-0.4, -0.2) is 27.1 Å². The van der Waals surface area contributed by atoms with E-state index in [-0.39, 0.29) is 6.04 Å². The first-order valence-electron chi connectivity index (χ1n) is 6.20. The van der Waals surface area contributed by atoms with Crippen molar-refractivity contribution >= 4 is 22.8 Å². The molecule has 0 bridgehead atoms. The van der Waals surface area contributed by atoms with Gasteiger partial charge in [0.05, 0.1) is 11.0 Å². The molecule has 1 aromatic carbocycles. The van der Waals surface area contributed by atoms with Crippen LogP contribution in [0.5, 0.6) is 0 Å². The van der Waals surface area contributed by atoms with Crippen LogP contribution < -0.4 is 11.3 Å². The molecule has 1 aromatic heterocycles. The van der Waals surface area contributed by atoms with Gasteiger partial charge in [0.15, 0.2) is 0 Å². The number of aryl methyl sites for hydroxylation is 1. The van der Waals surface area contributed by atoms with Crippen LogP contribution in [0.2, 0.25) is 0 Å². The number of imidazole rings is 1. The van der Waals surface area contributed by atoms with Gasteiger partial charge in [0.2, 0.25) is 0 Å². The molecule has 5 heteroatoms. The number of benzene rings is 1. The Balaban J connectivity index is 2.17. The largest absolute Gasteiger partial charge is 0.331 e. The first-order valence-corrected chi connectivity index (χ1v) is 7.36. The Kier molecular flexibility index (Phi) is 4.63. The van der Waals surface area contributed by atoms with E-state index in [1.54, 1.807) is 0 Å². The van der Waals surface area contributed by atoms with Gasteiger partial charge in [-0.15, -0.1) is 0 Å². The van der Waals surface area contributed by atoms with Crippen LogP contribution in [0.3, 0.4) is 0 Å². The molecule has 0 amide bonds. The van der Waals surface area contributed by atoms with Gasteiger partial charge in [0, 0.05) is 25.3 Å². The van der Waals surface area contributed by atoms with Crippen molar-refractivity contribution in [2.75, 3.05) is 11.5 Å². The molecule has 1 unspecified atom stereocenters. The quantitative estimate of drug-likeness (QED) is 0.616. The highest BCUT2D eigenvalue weighted by molar-refractivity contribution is 7.99. The fraction of sp³-hybridized carbons (Fsp3) is 0.462. The lowest BCUT2D eigenvalue weighted by Gasteiger charge is -2.14. The van der Waals surface area contributed by atoms with E-state index in [1.807, 2.05) is 30.0 Å².